The van der Waals surface area contributed by atoms with Crippen LogP contribution in [0.15, 0.2) is 85.3 Å². The normalized spacial score (nSPS) is 14.0. The van der Waals surface area contributed by atoms with Gasteiger partial charge in [-0.05, 0) is 72.2 Å². The van der Waals surface area contributed by atoms with Crippen molar-refractivity contribution < 1.29 is 4.79 Å². The first kappa shape index (κ1) is 25.7. The maximum atomic E-state index is 13.1. The number of rotatable bonds is 10. The second-order valence-electron chi connectivity index (χ2n) is 10.3. The van der Waals surface area contributed by atoms with Crippen LogP contribution in [0.25, 0.3) is 11.1 Å². The fourth-order valence-electron chi connectivity index (χ4n) is 5.23. The van der Waals surface area contributed by atoms with E-state index < -0.39 is 0 Å². The van der Waals surface area contributed by atoms with E-state index in [9.17, 15) is 4.79 Å². The summed E-state index contributed by atoms with van der Waals surface area (Å²) in [7, 11) is 0. The predicted molar refractivity (Wildman–Crippen MR) is 155 cm³/mol. The van der Waals surface area contributed by atoms with Crippen molar-refractivity contribution in [3.8, 4) is 11.1 Å². The number of hydrogen-bond donors (Lipinski definition) is 1. The minimum Gasteiger partial charge on any atom is -0.398 e. The third kappa shape index (κ3) is 6.28. The molecule has 0 amide bonds. The third-order valence-corrected chi connectivity index (χ3v) is 7.57. The highest BCUT2D eigenvalue weighted by Gasteiger charge is 2.19. The van der Waals surface area contributed by atoms with Crippen molar-refractivity contribution in [2.45, 2.75) is 51.4 Å². The molecule has 1 saturated heterocycles. The van der Waals surface area contributed by atoms with Crippen LogP contribution in [0.5, 0.6) is 0 Å². The minimum atomic E-state index is -0.254. The number of aryl methyl sites for hydroxylation is 1. The summed E-state index contributed by atoms with van der Waals surface area (Å²) < 4.78 is 0. The standard InChI is InChI=1S/C33H36N4O/c1-24(33(38)11-7-10-26-12-14-29(36-21-26)18-25-8-3-2-4-9-25)31-20-27(13-15-32(31)34)28-19-30(23-35-22-28)37-16-5-6-17-37/h2-4,8-9,12-15,19-24H,5-7,10-11,16-18,34H2,1H3/t24-/m0/s1. The molecule has 3 heterocycles. The van der Waals surface area contributed by atoms with Crippen LogP contribution in [0.2, 0.25) is 0 Å². The molecule has 2 N–H and O–H groups in total. The number of Topliss-reactive ketones (excluding diaryl/α,β-unsaturated/α-hetero) is 1. The molecule has 194 valence electrons. The van der Waals surface area contributed by atoms with Crippen molar-refractivity contribution >= 4 is 17.2 Å². The molecule has 5 rings (SSSR count). The summed E-state index contributed by atoms with van der Waals surface area (Å²) in [5.41, 5.74) is 14.6. The number of aromatic nitrogens is 2. The Morgan fingerprint density at radius 1 is 0.921 bits per heavy atom. The van der Waals surface area contributed by atoms with Gasteiger partial charge in [0.2, 0.25) is 0 Å². The van der Waals surface area contributed by atoms with Crippen LogP contribution in [0.3, 0.4) is 0 Å². The van der Waals surface area contributed by atoms with Gasteiger partial charge >= 0.3 is 0 Å². The van der Waals surface area contributed by atoms with Crippen molar-refractivity contribution in [2.24, 2.45) is 0 Å². The summed E-state index contributed by atoms with van der Waals surface area (Å²) in [6.07, 6.45) is 11.2. The molecule has 4 aromatic rings. The molecular weight excluding hydrogens is 468 g/mol. The molecule has 1 atom stereocenters. The first-order valence-corrected chi connectivity index (χ1v) is 13.7. The Bertz CT molecular complexity index is 1360. The fourth-order valence-corrected chi connectivity index (χ4v) is 5.23. The van der Waals surface area contributed by atoms with E-state index in [1.54, 1.807) is 0 Å². The van der Waals surface area contributed by atoms with E-state index in [0.29, 0.717) is 12.1 Å². The van der Waals surface area contributed by atoms with Crippen molar-refractivity contribution in [3.05, 3.63) is 108 Å². The van der Waals surface area contributed by atoms with E-state index in [-0.39, 0.29) is 11.7 Å². The van der Waals surface area contributed by atoms with E-state index >= 15 is 0 Å². The summed E-state index contributed by atoms with van der Waals surface area (Å²) >= 11 is 0. The Labute approximate surface area is 225 Å². The molecule has 1 aliphatic heterocycles. The van der Waals surface area contributed by atoms with Crippen LogP contribution >= 0.6 is 0 Å². The van der Waals surface area contributed by atoms with Crippen LogP contribution < -0.4 is 10.6 Å². The first-order chi connectivity index (χ1) is 18.6. The number of hydrogen-bond acceptors (Lipinski definition) is 5. The summed E-state index contributed by atoms with van der Waals surface area (Å²) in [6.45, 7) is 4.13. The molecule has 0 radical (unpaired) electrons. The van der Waals surface area contributed by atoms with Crippen molar-refractivity contribution in [2.75, 3.05) is 23.7 Å². The van der Waals surface area contributed by atoms with E-state index in [0.717, 1.165) is 66.0 Å². The molecule has 5 heteroatoms. The second-order valence-corrected chi connectivity index (χ2v) is 10.3. The van der Waals surface area contributed by atoms with E-state index in [4.69, 9.17) is 5.73 Å². The largest absolute Gasteiger partial charge is 0.398 e. The molecule has 0 saturated carbocycles. The summed E-state index contributed by atoms with van der Waals surface area (Å²) in [6, 6.07) is 22.8. The number of benzene rings is 2. The number of anilines is 2. The van der Waals surface area contributed by atoms with Gasteiger partial charge in [0, 0.05) is 61.2 Å². The van der Waals surface area contributed by atoms with Crippen LogP contribution in [-0.2, 0) is 17.6 Å². The summed E-state index contributed by atoms with van der Waals surface area (Å²) in [5, 5.41) is 0. The van der Waals surface area contributed by atoms with Gasteiger partial charge in [0.1, 0.15) is 5.78 Å². The summed E-state index contributed by atoms with van der Waals surface area (Å²) in [4.78, 5) is 24.6. The Morgan fingerprint density at radius 2 is 1.74 bits per heavy atom. The highest BCUT2D eigenvalue weighted by atomic mass is 16.1. The molecule has 0 spiro atoms. The van der Waals surface area contributed by atoms with Gasteiger partial charge in [-0.2, -0.15) is 0 Å². The van der Waals surface area contributed by atoms with Gasteiger partial charge < -0.3 is 10.6 Å². The van der Waals surface area contributed by atoms with E-state index in [1.165, 1.54) is 18.4 Å². The van der Waals surface area contributed by atoms with Gasteiger partial charge in [0.25, 0.3) is 0 Å². The first-order valence-electron chi connectivity index (χ1n) is 13.7. The van der Waals surface area contributed by atoms with Crippen LogP contribution in [0.4, 0.5) is 11.4 Å². The lowest BCUT2D eigenvalue weighted by Crippen LogP contribution is -2.17. The number of nitrogen functional groups attached to an aromatic ring is 1. The number of nitrogens with zero attached hydrogens (tertiary/aromatic N) is 3. The number of pyridine rings is 2. The van der Waals surface area contributed by atoms with Crippen molar-refractivity contribution in [1.29, 1.82) is 0 Å². The number of carbonyl (C=O) groups excluding carboxylic acids is 1. The fraction of sp³-hybridized carbons (Fsp3) is 0.303. The van der Waals surface area contributed by atoms with Gasteiger partial charge in [0.15, 0.2) is 0 Å². The molecule has 0 unspecified atom stereocenters. The van der Waals surface area contributed by atoms with Crippen LogP contribution in [0.1, 0.15) is 60.9 Å². The lowest BCUT2D eigenvalue weighted by atomic mass is 9.90. The SMILES string of the molecule is C[C@H](C(=O)CCCc1ccc(Cc2ccccc2)nc1)c1cc(-c2cncc(N3CCCC3)c2)ccc1N. The molecule has 5 nitrogen and oxygen atoms in total. The Morgan fingerprint density at radius 3 is 2.50 bits per heavy atom. The monoisotopic (exact) mass is 504 g/mol. The lowest BCUT2D eigenvalue weighted by Gasteiger charge is -2.19. The molecule has 1 aliphatic rings. The third-order valence-electron chi connectivity index (χ3n) is 7.57. The Hall–Kier alpha value is -3.99. The lowest BCUT2D eigenvalue weighted by molar-refractivity contribution is -0.120. The number of carbonyl (C=O) groups is 1. The van der Waals surface area contributed by atoms with Gasteiger partial charge in [-0.1, -0.05) is 49.4 Å². The zero-order valence-electron chi connectivity index (χ0n) is 22.1. The molecule has 1 fully saturated rings. The van der Waals surface area contributed by atoms with Crippen molar-refractivity contribution in [1.82, 2.24) is 9.97 Å². The second kappa shape index (κ2) is 12.0. The van der Waals surface area contributed by atoms with Crippen LogP contribution in [-0.4, -0.2) is 28.8 Å². The quantitative estimate of drug-likeness (QED) is 0.246. The zero-order chi connectivity index (χ0) is 26.3. The van der Waals surface area contributed by atoms with E-state index in [1.807, 2.05) is 43.7 Å². The number of ketones is 1. The van der Waals surface area contributed by atoms with Gasteiger partial charge in [-0.25, -0.2) is 0 Å². The minimum absolute atomic E-state index is 0.214. The Balaban J connectivity index is 1.18. The molecular formula is C33H36N4O. The molecule has 0 aliphatic carbocycles. The Kier molecular flexibility index (Phi) is 8.12. The maximum Gasteiger partial charge on any atom is 0.140 e. The van der Waals surface area contributed by atoms with E-state index in [2.05, 4.69) is 63.4 Å². The average Bonchev–Trinajstić information content (AvgIpc) is 3.50. The molecule has 0 bridgehead atoms. The van der Waals surface area contributed by atoms with Crippen molar-refractivity contribution in [3.63, 3.8) is 0 Å². The topological polar surface area (TPSA) is 72.1 Å². The maximum absolute atomic E-state index is 13.1. The summed E-state index contributed by atoms with van der Waals surface area (Å²) in [5.74, 6) is -0.0394. The van der Waals surface area contributed by atoms with Gasteiger partial charge in [-0.15, -0.1) is 0 Å². The number of nitrogens with two attached hydrogens (primary N) is 1. The molecule has 38 heavy (non-hydrogen) atoms. The smallest absolute Gasteiger partial charge is 0.140 e. The average molecular weight is 505 g/mol. The van der Waals surface area contributed by atoms with Crippen LogP contribution in [0, 0.1) is 0 Å². The molecule has 2 aromatic heterocycles. The predicted octanol–water partition coefficient (Wildman–Crippen LogP) is 6.61. The highest BCUT2D eigenvalue weighted by Crippen LogP contribution is 2.32. The highest BCUT2D eigenvalue weighted by molar-refractivity contribution is 5.87. The van der Waals surface area contributed by atoms with Gasteiger partial charge in [-0.3, -0.25) is 14.8 Å². The molecule has 2 aromatic carbocycles. The zero-order valence-corrected chi connectivity index (χ0v) is 22.1. The van der Waals surface area contributed by atoms with Gasteiger partial charge in [0.05, 0.1) is 11.9 Å².